The number of carbonyl (C=O) groups is 2. The van der Waals surface area contributed by atoms with Gasteiger partial charge in [-0.2, -0.15) is 11.3 Å². The van der Waals surface area contributed by atoms with Gasteiger partial charge < -0.3 is 15.7 Å². The fraction of sp³-hybridized carbons (Fsp3) is 0.118. The molecule has 2 amide bonds. The molecular weight excluding hydrogens is 358 g/mol. The molecule has 3 N–H and O–H groups in total. The van der Waals surface area contributed by atoms with Crippen LogP contribution in [0.5, 0.6) is 0 Å². The summed E-state index contributed by atoms with van der Waals surface area (Å²) >= 11 is 2.84. The molecule has 3 rings (SSSR count). The number of anilines is 1. The number of carbonyl (C=O) groups excluding carboxylic acids is 2. The highest BCUT2D eigenvalue weighted by Crippen LogP contribution is 2.33. The highest BCUT2D eigenvalue weighted by Gasteiger charge is 2.34. The van der Waals surface area contributed by atoms with Crippen molar-refractivity contribution >= 4 is 40.2 Å². The zero-order valence-corrected chi connectivity index (χ0v) is 14.6. The number of amides is 2. The summed E-state index contributed by atoms with van der Waals surface area (Å²) in [6.07, 6.45) is 3.01. The van der Waals surface area contributed by atoms with Crippen molar-refractivity contribution in [1.82, 2.24) is 10.3 Å². The summed E-state index contributed by atoms with van der Waals surface area (Å²) in [5.41, 5.74) is -0.278. The van der Waals surface area contributed by atoms with Gasteiger partial charge in [0.05, 0.1) is 18.4 Å². The molecule has 128 valence electrons. The van der Waals surface area contributed by atoms with Crippen molar-refractivity contribution in [2.75, 3.05) is 11.9 Å². The van der Waals surface area contributed by atoms with Gasteiger partial charge in [-0.15, -0.1) is 11.3 Å². The van der Waals surface area contributed by atoms with Crippen molar-refractivity contribution in [2.24, 2.45) is 0 Å². The summed E-state index contributed by atoms with van der Waals surface area (Å²) < 4.78 is 0. The quantitative estimate of drug-likeness (QED) is 0.598. The molecule has 3 heterocycles. The van der Waals surface area contributed by atoms with E-state index in [4.69, 9.17) is 0 Å². The van der Waals surface area contributed by atoms with Gasteiger partial charge in [0.25, 0.3) is 0 Å². The van der Waals surface area contributed by atoms with Crippen molar-refractivity contribution < 1.29 is 14.7 Å². The average molecular weight is 373 g/mol. The molecule has 0 bridgehead atoms. The molecule has 3 aromatic rings. The number of aromatic nitrogens is 1. The van der Waals surface area contributed by atoms with Crippen LogP contribution in [0.25, 0.3) is 0 Å². The lowest BCUT2D eigenvalue weighted by atomic mass is 9.94. The molecular formula is C17H15N3O3S2. The van der Waals surface area contributed by atoms with Crippen molar-refractivity contribution in [1.29, 1.82) is 0 Å². The summed E-state index contributed by atoms with van der Waals surface area (Å²) in [6.45, 7) is -0.108. The molecule has 0 saturated carbocycles. The van der Waals surface area contributed by atoms with Crippen LogP contribution in [0.2, 0.25) is 0 Å². The molecule has 0 aliphatic rings. The van der Waals surface area contributed by atoms with Gasteiger partial charge in [-0.05, 0) is 40.4 Å². The molecule has 0 aliphatic carbocycles. The van der Waals surface area contributed by atoms with Gasteiger partial charge in [-0.3, -0.25) is 14.6 Å². The highest BCUT2D eigenvalue weighted by atomic mass is 32.1. The number of hydrogen-bond acceptors (Lipinski definition) is 6. The van der Waals surface area contributed by atoms with Crippen molar-refractivity contribution in [2.45, 2.75) is 5.60 Å². The molecule has 1 atom stereocenters. The lowest BCUT2D eigenvalue weighted by Crippen LogP contribution is -2.44. The Morgan fingerprint density at radius 3 is 2.68 bits per heavy atom. The second kappa shape index (κ2) is 7.56. The number of nitrogens with zero attached hydrogens (tertiary/aromatic N) is 1. The molecule has 0 aromatic carbocycles. The van der Waals surface area contributed by atoms with Crippen LogP contribution in [0.1, 0.15) is 10.4 Å². The molecule has 6 nitrogen and oxygen atoms in total. The Hall–Kier alpha value is -2.55. The molecule has 8 heteroatoms. The molecule has 0 fully saturated rings. The predicted octanol–water partition coefficient (Wildman–Crippen LogP) is 2.20. The fourth-order valence-corrected chi connectivity index (χ4v) is 3.83. The van der Waals surface area contributed by atoms with Gasteiger partial charge in [0.15, 0.2) is 0 Å². The summed E-state index contributed by atoms with van der Waals surface area (Å²) in [7, 11) is 0. The topological polar surface area (TPSA) is 91.3 Å². The normalized spacial score (nSPS) is 13.0. The molecule has 0 aliphatic heterocycles. The van der Waals surface area contributed by atoms with E-state index in [9.17, 15) is 14.7 Å². The van der Waals surface area contributed by atoms with E-state index in [2.05, 4.69) is 15.6 Å². The van der Waals surface area contributed by atoms with Crippen LogP contribution in [0.4, 0.5) is 5.69 Å². The summed E-state index contributed by atoms with van der Waals surface area (Å²) in [4.78, 5) is 28.6. The molecule has 3 aromatic heterocycles. The first-order valence-electron chi connectivity index (χ1n) is 7.38. The van der Waals surface area contributed by atoms with E-state index in [0.717, 1.165) is 0 Å². The molecule has 1 unspecified atom stereocenters. The minimum absolute atomic E-state index is 0.108. The highest BCUT2D eigenvalue weighted by molar-refractivity contribution is 7.10. The number of nitrogens with one attached hydrogen (secondary N) is 2. The number of thiophene rings is 2. The summed E-state index contributed by atoms with van der Waals surface area (Å²) in [5.74, 6) is -1.64. The van der Waals surface area contributed by atoms with E-state index in [0.29, 0.717) is 16.1 Å². The van der Waals surface area contributed by atoms with E-state index in [1.807, 2.05) is 22.2 Å². The Labute approximate surface area is 152 Å². The molecule has 0 radical (unpaired) electrons. The van der Waals surface area contributed by atoms with Crippen LogP contribution in [-0.2, 0) is 15.2 Å². The first-order chi connectivity index (χ1) is 12.1. The van der Waals surface area contributed by atoms with Gasteiger partial charge in [-0.1, -0.05) is 6.07 Å². The van der Waals surface area contributed by atoms with E-state index < -0.39 is 17.4 Å². The lowest BCUT2D eigenvalue weighted by Gasteiger charge is -2.26. The maximum Gasteiger partial charge on any atom is 0.313 e. The Morgan fingerprint density at radius 1 is 1.16 bits per heavy atom. The van der Waals surface area contributed by atoms with E-state index >= 15 is 0 Å². The second-order valence-corrected chi connectivity index (χ2v) is 6.96. The third kappa shape index (κ3) is 3.93. The third-order valence-corrected chi connectivity index (χ3v) is 5.26. The van der Waals surface area contributed by atoms with E-state index in [-0.39, 0.29) is 6.54 Å². The van der Waals surface area contributed by atoms with Crippen molar-refractivity contribution in [3.63, 3.8) is 0 Å². The fourth-order valence-electron chi connectivity index (χ4n) is 2.26. The SMILES string of the molecule is O=C(NCC(O)(c1ccsc1)c1cccs1)C(=O)Nc1cccnc1. The van der Waals surface area contributed by atoms with E-state index in [1.165, 1.54) is 28.9 Å². The van der Waals surface area contributed by atoms with Crippen molar-refractivity contribution in [3.8, 4) is 0 Å². The number of aliphatic hydroxyl groups is 1. The standard InChI is InChI=1S/C17H15N3O3S2/c21-15(16(22)20-13-3-1-6-18-9-13)19-11-17(23,12-5-8-24-10-12)14-4-2-7-25-14/h1-10,23H,11H2,(H,19,21)(H,20,22). The molecule has 0 spiro atoms. The smallest absolute Gasteiger partial charge is 0.313 e. The van der Waals surface area contributed by atoms with Crippen LogP contribution in [0, 0.1) is 0 Å². The molecule has 0 saturated heterocycles. The van der Waals surface area contributed by atoms with Crippen LogP contribution >= 0.6 is 22.7 Å². The third-order valence-electron chi connectivity index (χ3n) is 3.56. The predicted molar refractivity (Wildman–Crippen MR) is 97.5 cm³/mol. The minimum Gasteiger partial charge on any atom is -0.378 e. The largest absolute Gasteiger partial charge is 0.378 e. The van der Waals surface area contributed by atoms with Gasteiger partial charge >= 0.3 is 11.8 Å². The summed E-state index contributed by atoms with van der Waals surface area (Å²) in [6, 6.07) is 8.70. The van der Waals surface area contributed by atoms with Gasteiger partial charge in [0.2, 0.25) is 0 Å². The first-order valence-corrected chi connectivity index (χ1v) is 9.20. The van der Waals surface area contributed by atoms with Crippen molar-refractivity contribution in [3.05, 3.63) is 69.3 Å². The monoisotopic (exact) mass is 373 g/mol. The average Bonchev–Trinajstić information content (AvgIpc) is 3.34. The maximum absolute atomic E-state index is 12.1. The minimum atomic E-state index is -1.38. The Kier molecular flexibility index (Phi) is 5.22. The number of pyridine rings is 1. The Morgan fingerprint density at radius 2 is 2.04 bits per heavy atom. The number of rotatable bonds is 5. The Balaban J connectivity index is 1.69. The maximum atomic E-state index is 12.1. The van der Waals surface area contributed by atoms with Crippen LogP contribution < -0.4 is 10.6 Å². The lowest BCUT2D eigenvalue weighted by molar-refractivity contribution is -0.136. The van der Waals surface area contributed by atoms with Gasteiger partial charge in [0.1, 0.15) is 5.60 Å². The second-order valence-electron chi connectivity index (χ2n) is 5.23. The zero-order chi connectivity index (χ0) is 17.7. The van der Waals surface area contributed by atoms with Crippen LogP contribution in [-0.4, -0.2) is 28.4 Å². The zero-order valence-electron chi connectivity index (χ0n) is 13.0. The van der Waals surface area contributed by atoms with Gasteiger partial charge in [-0.25, -0.2) is 0 Å². The van der Waals surface area contributed by atoms with E-state index in [1.54, 1.807) is 30.5 Å². The van der Waals surface area contributed by atoms with Crippen LogP contribution in [0.3, 0.4) is 0 Å². The van der Waals surface area contributed by atoms with Crippen LogP contribution in [0.15, 0.2) is 58.9 Å². The number of hydrogen-bond donors (Lipinski definition) is 3. The first kappa shape index (κ1) is 17.3. The van der Waals surface area contributed by atoms with Gasteiger partial charge in [0, 0.05) is 16.6 Å². The Bertz CT molecular complexity index is 799. The summed E-state index contributed by atoms with van der Waals surface area (Å²) in [5, 5.41) is 21.6. The molecule has 25 heavy (non-hydrogen) atoms.